The normalized spacial score (nSPS) is 13.8. The molecule has 0 saturated carbocycles. The van der Waals surface area contributed by atoms with Crippen molar-refractivity contribution in [2.45, 2.75) is 438 Å². The smallest absolute Gasteiger partial charge is 0.462 e. The fraction of sp³-hybridized carbons (Fsp3) is 0.949. The molecule has 0 rings (SSSR count). The topological polar surface area (TPSA) is 237 Å². The van der Waals surface area contributed by atoms with Crippen LogP contribution in [0.25, 0.3) is 0 Å². The van der Waals surface area contributed by atoms with Crippen LogP contribution in [0.4, 0.5) is 0 Å². The maximum atomic E-state index is 13.1. The standard InChI is InChI=1S/C78H152O17P2/c1-5-9-13-17-21-24-27-29-31-33-35-37-39-41-43-45-48-51-55-59-63-76(81)89-69-74(95-78(83)65-61-57-53-49-46-44-42-40-38-36-34-32-30-28-25-22-18-14-10-6-2)71-93-97(86,87)91-67-72(79)66-90-96(84,85)92-70-73(68-88-75(80)62-58-54-50-20-16-12-8-4)94-77(82)64-60-56-52-47-26-23-19-15-11-7-3/h72-74,79H,5-71H2,1-4H3,(H,84,85)(H,86,87)/t72-,73+,74+/m0/s1. The van der Waals surface area contributed by atoms with Crippen molar-refractivity contribution in [3.05, 3.63) is 0 Å². The minimum atomic E-state index is -4.96. The highest BCUT2D eigenvalue weighted by Crippen LogP contribution is 2.45. The molecule has 97 heavy (non-hydrogen) atoms. The van der Waals surface area contributed by atoms with Gasteiger partial charge in [0.05, 0.1) is 26.4 Å². The highest BCUT2D eigenvalue weighted by molar-refractivity contribution is 7.47. The van der Waals surface area contributed by atoms with E-state index in [1.807, 2.05) is 0 Å². The molecule has 0 aliphatic rings. The molecule has 0 radical (unpaired) electrons. The van der Waals surface area contributed by atoms with Crippen molar-refractivity contribution in [1.29, 1.82) is 0 Å². The SMILES string of the molecule is CCCCCCCCCCCCCCCCCCCCCCC(=O)OC[C@H](COP(=O)(O)OC[C@@H](O)COP(=O)(O)OC[C@@H](COC(=O)CCCCCCCCC)OC(=O)CCCCCCCCCCCC)OC(=O)CCCCCCCCCCCCCCCCCCCCCC. The molecule has 2 unspecified atom stereocenters. The second-order valence-electron chi connectivity index (χ2n) is 28.1. The van der Waals surface area contributed by atoms with Crippen LogP contribution in [0.1, 0.15) is 419 Å². The number of hydrogen-bond acceptors (Lipinski definition) is 15. The summed E-state index contributed by atoms with van der Waals surface area (Å²) in [6.07, 6.45) is 64.2. The van der Waals surface area contributed by atoms with Gasteiger partial charge in [0.1, 0.15) is 19.3 Å². The maximum Gasteiger partial charge on any atom is 0.472 e. The van der Waals surface area contributed by atoms with Crippen LogP contribution in [-0.4, -0.2) is 96.7 Å². The van der Waals surface area contributed by atoms with Gasteiger partial charge in [0.25, 0.3) is 0 Å². The lowest BCUT2D eigenvalue weighted by atomic mass is 10.0. The van der Waals surface area contributed by atoms with Crippen LogP contribution in [0, 0.1) is 0 Å². The third-order valence-corrected chi connectivity index (χ3v) is 20.3. The first-order chi connectivity index (χ1) is 47.2. The van der Waals surface area contributed by atoms with Gasteiger partial charge in [0.2, 0.25) is 0 Å². The van der Waals surface area contributed by atoms with E-state index >= 15 is 0 Å². The Kier molecular flexibility index (Phi) is 71.0. The fourth-order valence-electron chi connectivity index (χ4n) is 12.1. The summed E-state index contributed by atoms with van der Waals surface area (Å²) in [6.45, 7) is 4.94. The lowest BCUT2D eigenvalue weighted by molar-refractivity contribution is -0.161. The first-order valence-electron chi connectivity index (χ1n) is 40.8. The van der Waals surface area contributed by atoms with Crippen LogP contribution in [0.5, 0.6) is 0 Å². The van der Waals surface area contributed by atoms with Gasteiger partial charge in [-0.2, -0.15) is 0 Å². The summed E-state index contributed by atoms with van der Waals surface area (Å²) in [5, 5.41) is 10.6. The minimum absolute atomic E-state index is 0.107. The van der Waals surface area contributed by atoms with E-state index in [4.69, 9.17) is 37.0 Å². The summed E-state index contributed by atoms with van der Waals surface area (Å²) in [4.78, 5) is 72.7. The third kappa shape index (κ3) is 72.2. The number of ether oxygens (including phenoxy) is 4. The van der Waals surface area contributed by atoms with E-state index in [1.165, 1.54) is 238 Å². The monoisotopic (exact) mass is 1420 g/mol. The number of unbranched alkanes of at least 4 members (excludes halogenated alkanes) is 53. The van der Waals surface area contributed by atoms with Crippen molar-refractivity contribution in [2.24, 2.45) is 0 Å². The van der Waals surface area contributed by atoms with Crippen LogP contribution in [0.3, 0.4) is 0 Å². The molecule has 0 bridgehead atoms. The van der Waals surface area contributed by atoms with Gasteiger partial charge in [-0.15, -0.1) is 0 Å². The molecule has 0 fully saturated rings. The summed E-state index contributed by atoms with van der Waals surface area (Å²) < 4.78 is 68.4. The molecule has 17 nitrogen and oxygen atoms in total. The van der Waals surface area contributed by atoms with Crippen LogP contribution in [0.15, 0.2) is 0 Å². The molecule has 0 amide bonds. The molecule has 0 aromatic rings. The van der Waals surface area contributed by atoms with Gasteiger partial charge in [-0.3, -0.25) is 37.3 Å². The van der Waals surface area contributed by atoms with Crippen LogP contribution in [-0.2, 0) is 65.4 Å². The van der Waals surface area contributed by atoms with E-state index in [9.17, 15) is 43.2 Å². The lowest BCUT2D eigenvalue weighted by Crippen LogP contribution is -2.30. The van der Waals surface area contributed by atoms with Crippen molar-refractivity contribution in [1.82, 2.24) is 0 Å². The van der Waals surface area contributed by atoms with Gasteiger partial charge < -0.3 is 33.8 Å². The number of phosphoric acid groups is 2. The Labute approximate surface area is 594 Å². The molecule has 3 N–H and O–H groups in total. The third-order valence-electron chi connectivity index (χ3n) is 18.4. The quantitative estimate of drug-likeness (QED) is 0.0222. The van der Waals surface area contributed by atoms with Gasteiger partial charge >= 0.3 is 39.5 Å². The number of aliphatic hydroxyl groups excluding tert-OH is 1. The predicted octanol–water partition coefficient (Wildman–Crippen LogP) is 23.4. The summed E-state index contributed by atoms with van der Waals surface area (Å²) in [5.41, 5.74) is 0. The first kappa shape index (κ1) is 95.1. The van der Waals surface area contributed by atoms with Crippen LogP contribution < -0.4 is 0 Å². The van der Waals surface area contributed by atoms with Crippen molar-refractivity contribution >= 4 is 39.5 Å². The molecule has 0 aromatic heterocycles. The number of hydrogen-bond donors (Lipinski definition) is 3. The Morgan fingerprint density at radius 3 is 0.608 bits per heavy atom. The number of aliphatic hydroxyl groups is 1. The molecule has 576 valence electrons. The minimum Gasteiger partial charge on any atom is -0.462 e. The van der Waals surface area contributed by atoms with Crippen molar-refractivity contribution in [3.63, 3.8) is 0 Å². The zero-order valence-electron chi connectivity index (χ0n) is 63.1. The highest BCUT2D eigenvalue weighted by atomic mass is 31.2. The highest BCUT2D eigenvalue weighted by Gasteiger charge is 2.30. The zero-order valence-corrected chi connectivity index (χ0v) is 64.8. The Morgan fingerprint density at radius 1 is 0.247 bits per heavy atom. The van der Waals surface area contributed by atoms with Crippen LogP contribution >= 0.6 is 15.6 Å². The first-order valence-corrected chi connectivity index (χ1v) is 43.8. The summed E-state index contributed by atoms with van der Waals surface area (Å²) in [6, 6.07) is 0. The molecule has 0 heterocycles. The Bertz CT molecular complexity index is 1840. The summed E-state index contributed by atoms with van der Waals surface area (Å²) in [7, 11) is -9.90. The number of phosphoric ester groups is 2. The maximum absolute atomic E-state index is 13.1. The Morgan fingerprint density at radius 2 is 0.412 bits per heavy atom. The second-order valence-corrected chi connectivity index (χ2v) is 31.0. The lowest BCUT2D eigenvalue weighted by Gasteiger charge is -2.21. The van der Waals surface area contributed by atoms with E-state index in [2.05, 4.69) is 27.7 Å². The van der Waals surface area contributed by atoms with E-state index < -0.39 is 97.5 Å². The predicted molar refractivity (Wildman–Crippen MR) is 395 cm³/mol. The van der Waals surface area contributed by atoms with Crippen LogP contribution in [0.2, 0.25) is 0 Å². The van der Waals surface area contributed by atoms with Gasteiger partial charge in [0.15, 0.2) is 12.2 Å². The zero-order chi connectivity index (χ0) is 71.1. The van der Waals surface area contributed by atoms with Crippen molar-refractivity contribution < 1.29 is 80.2 Å². The summed E-state index contributed by atoms with van der Waals surface area (Å²) >= 11 is 0. The van der Waals surface area contributed by atoms with Gasteiger partial charge in [-0.05, 0) is 25.7 Å². The average Bonchev–Trinajstić information content (AvgIpc) is 0.996. The summed E-state index contributed by atoms with van der Waals surface area (Å²) in [5.74, 6) is -2.12. The van der Waals surface area contributed by atoms with Gasteiger partial charge in [-0.25, -0.2) is 9.13 Å². The molecule has 0 aliphatic carbocycles. The van der Waals surface area contributed by atoms with E-state index in [-0.39, 0.29) is 25.7 Å². The number of carbonyl (C=O) groups is 4. The molecular weight excluding hydrogens is 1270 g/mol. The average molecular weight is 1420 g/mol. The van der Waals surface area contributed by atoms with E-state index in [1.54, 1.807) is 0 Å². The van der Waals surface area contributed by atoms with Crippen molar-refractivity contribution in [2.75, 3.05) is 39.6 Å². The molecule has 0 aromatic carbocycles. The Balaban J connectivity index is 5.14. The number of carbonyl (C=O) groups excluding carboxylic acids is 4. The molecule has 5 atom stereocenters. The van der Waals surface area contributed by atoms with Gasteiger partial charge in [0, 0.05) is 25.7 Å². The van der Waals surface area contributed by atoms with E-state index in [0.29, 0.717) is 25.7 Å². The van der Waals surface area contributed by atoms with Crippen molar-refractivity contribution in [3.8, 4) is 0 Å². The number of esters is 4. The molecule has 0 saturated heterocycles. The van der Waals surface area contributed by atoms with Gasteiger partial charge in [-0.1, -0.05) is 368 Å². The Hall–Kier alpha value is -1.94. The largest absolute Gasteiger partial charge is 0.472 e. The number of rotatable bonds is 79. The molecule has 19 heteroatoms. The second kappa shape index (κ2) is 72.4. The molecular formula is C78H152O17P2. The molecule has 0 spiro atoms. The fourth-order valence-corrected chi connectivity index (χ4v) is 13.7. The molecule has 0 aliphatic heterocycles. The van der Waals surface area contributed by atoms with E-state index in [0.717, 1.165) is 103 Å².